The lowest BCUT2D eigenvalue weighted by Gasteiger charge is -2.25. The van der Waals surface area contributed by atoms with Crippen molar-refractivity contribution in [2.45, 2.75) is 360 Å². The molecule has 0 radical (unpaired) electrons. The van der Waals surface area contributed by atoms with E-state index in [1.54, 1.807) is 0 Å². The van der Waals surface area contributed by atoms with Crippen molar-refractivity contribution in [3.05, 3.63) is 12.2 Å². The molecular weight excluding hydrogens is 959 g/mol. The summed E-state index contributed by atoms with van der Waals surface area (Å²) in [5.74, 6) is -1.97. The van der Waals surface area contributed by atoms with E-state index in [-0.39, 0.29) is 38.2 Å². The van der Waals surface area contributed by atoms with Gasteiger partial charge in [0.25, 0.3) is 6.29 Å². The van der Waals surface area contributed by atoms with Crippen molar-refractivity contribution in [3.8, 4) is 0 Å². The topological polar surface area (TPSA) is 108 Å². The number of unbranched alkanes of at least 4 members (excludes halogenated alkanes) is 47. The second-order valence-electron chi connectivity index (χ2n) is 24.5. The summed E-state index contributed by atoms with van der Waals surface area (Å²) in [6, 6.07) is 0. The van der Waals surface area contributed by atoms with E-state index in [9.17, 15) is 19.5 Å². The lowest BCUT2D eigenvalue weighted by atomic mass is 10.0. The molecule has 0 aliphatic heterocycles. The summed E-state index contributed by atoms with van der Waals surface area (Å²) in [6.07, 6.45) is 69.0. The van der Waals surface area contributed by atoms with E-state index in [4.69, 9.17) is 18.9 Å². The number of carbonyl (C=O) groups is 3. The van der Waals surface area contributed by atoms with Gasteiger partial charge in [0.1, 0.15) is 13.2 Å². The molecule has 1 N–H and O–H groups in total. The van der Waals surface area contributed by atoms with Gasteiger partial charge < -0.3 is 28.5 Å². The average Bonchev–Trinajstić information content (AvgIpc) is 3.40. The highest BCUT2D eigenvalue weighted by Crippen LogP contribution is 2.19. The molecule has 2 atom stereocenters. The molecule has 0 fully saturated rings. The predicted octanol–water partition coefficient (Wildman–Crippen LogP) is 20.5. The SMILES string of the molecule is CCCCCCCCCC/C=C\CCCCCCCCCCCCCCCCCCCCCCCCCC(=O)OC(COC(=O)CCCCCCCCCCCCCCCCCCC)COC(OCC[N+](C)(C)C)C(=O)O. The molecule has 0 aromatic heterocycles. The first-order valence-corrected chi connectivity index (χ1v) is 33.9. The van der Waals surface area contributed by atoms with Crippen LogP contribution < -0.4 is 0 Å². The largest absolute Gasteiger partial charge is 0.477 e. The van der Waals surface area contributed by atoms with E-state index in [1.807, 2.05) is 21.1 Å². The summed E-state index contributed by atoms with van der Waals surface area (Å²) >= 11 is 0. The molecule has 0 aliphatic carbocycles. The second-order valence-corrected chi connectivity index (χ2v) is 24.5. The maximum absolute atomic E-state index is 12.9. The minimum Gasteiger partial charge on any atom is -0.477 e. The minimum atomic E-state index is -1.50. The summed E-state index contributed by atoms with van der Waals surface area (Å²) in [7, 11) is 5.99. The molecule has 0 aliphatic rings. The molecule has 9 nitrogen and oxygen atoms in total. The average molecular weight is 1090 g/mol. The number of rotatable bonds is 64. The van der Waals surface area contributed by atoms with Gasteiger partial charge in [0.2, 0.25) is 0 Å². The van der Waals surface area contributed by atoms with Crippen molar-refractivity contribution in [2.75, 3.05) is 47.5 Å². The number of carboxylic acid groups (broad SMARTS) is 1. The minimum absolute atomic E-state index is 0.173. The molecule has 0 bridgehead atoms. The Morgan fingerprint density at radius 2 is 0.662 bits per heavy atom. The van der Waals surface area contributed by atoms with Gasteiger partial charge in [-0.3, -0.25) is 9.59 Å². The zero-order valence-corrected chi connectivity index (χ0v) is 52.2. The maximum Gasteiger partial charge on any atom is 0.361 e. The first-order valence-electron chi connectivity index (χ1n) is 33.9. The molecule has 0 saturated carbocycles. The van der Waals surface area contributed by atoms with Gasteiger partial charge in [0, 0.05) is 12.8 Å². The smallest absolute Gasteiger partial charge is 0.361 e. The summed E-state index contributed by atoms with van der Waals surface area (Å²) in [4.78, 5) is 37.5. The van der Waals surface area contributed by atoms with Crippen LogP contribution in [0.25, 0.3) is 0 Å². The fourth-order valence-electron chi connectivity index (χ4n) is 10.3. The van der Waals surface area contributed by atoms with Gasteiger partial charge in [-0.1, -0.05) is 309 Å². The van der Waals surface area contributed by atoms with Crippen LogP contribution >= 0.6 is 0 Å². The van der Waals surface area contributed by atoms with Crippen molar-refractivity contribution < 1.29 is 42.9 Å². The molecule has 0 saturated heterocycles. The van der Waals surface area contributed by atoms with Gasteiger partial charge in [0.05, 0.1) is 34.4 Å². The zero-order chi connectivity index (χ0) is 56.2. The maximum atomic E-state index is 12.9. The summed E-state index contributed by atoms with van der Waals surface area (Å²) in [6.45, 7) is 4.95. The van der Waals surface area contributed by atoms with E-state index < -0.39 is 18.4 Å². The summed E-state index contributed by atoms with van der Waals surface area (Å²) in [5.41, 5.74) is 0. The van der Waals surface area contributed by atoms with Crippen molar-refractivity contribution in [2.24, 2.45) is 0 Å². The van der Waals surface area contributed by atoms with Gasteiger partial charge in [-0.05, 0) is 38.5 Å². The first kappa shape index (κ1) is 75.0. The quantitative estimate of drug-likeness (QED) is 0.0211. The van der Waals surface area contributed by atoms with E-state index in [0.29, 0.717) is 17.4 Å². The standard InChI is InChI=1S/C68H131NO8/c1-6-8-10-12-14-16-18-20-22-24-25-26-27-28-29-30-31-32-33-34-35-36-37-38-39-40-41-43-45-47-49-51-53-55-57-59-66(71)77-64(63-76-68(67(72)73)74-61-60-69(3,4)5)62-75-65(70)58-56-54-52-50-48-46-44-42-23-21-19-17-15-13-11-9-7-2/h24-25,64,68H,6-23,26-63H2,1-5H3/p+1/b25-24-. The van der Waals surface area contributed by atoms with Crippen LogP contribution in [0, 0.1) is 0 Å². The Hall–Kier alpha value is -1.97. The fraction of sp³-hybridized carbons (Fsp3) is 0.926. The Balaban J connectivity index is 3.99. The zero-order valence-electron chi connectivity index (χ0n) is 52.2. The molecule has 77 heavy (non-hydrogen) atoms. The van der Waals surface area contributed by atoms with Crippen molar-refractivity contribution >= 4 is 17.9 Å². The van der Waals surface area contributed by atoms with Crippen LogP contribution in [-0.4, -0.2) is 87.4 Å². The van der Waals surface area contributed by atoms with Crippen LogP contribution in [0.3, 0.4) is 0 Å². The van der Waals surface area contributed by atoms with E-state index >= 15 is 0 Å². The van der Waals surface area contributed by atoms with Crippen molar-refractivity contribution in [3.63, 3.8) is 0 Å². The molecular formula is C68H132NO8+. The predicted molar refractivity (Wildman–Crippen MR) is 328 cm³/mol. The molecule has 0 aromatic rings. The number of allylic oxidation sites excluding steroid dienone is 2. The number of hydrogen-bond acceptors (Lipinski definition) is 7. The number of quaternary nitrogens is 1. The number of aliphatic carboxylic acids is 1. The number of carbonyl (C=O) groups excluding carboxylic acids is 2. The highest BCUT2D eigenvalue weighted by atomic mass is 16.7. The monoisotopic (exact) mass is 1090 g/mol. The third-order valence-corrected chi connectivity index (χ3v) is 15.5. The Bertz CT molecular complexity index is 1270. The highest BCUT2D eigenvalue weighted by molar-refractivity contribution is 5.71. The van der Waals surface area contributed by atoms with Gasteiger partial charge in [0.15, 0.2) is 6.10 Å². The highest BCUT2D eigenvalue weighted by Gasteiger charge is 2.25. The molecule has 0 amide bonds. The Labute approximate surface area is 478 Å². The molecule has 0 aromatic carbocycles. The van der Waals surface area contributed by atoms with Crippen molar-refractivity contribution in [1.82, 2.24) is 0 Å². The van der Waals surface area contributed by atoms with E-state index in [1.165, 1.54) is 283 Å². The normalized spacial score (nSPS) is 12.7. The van der Waals surface area contributed by atoms with Crippen molar-refractivity contribution in [1.29, 1.82) is 0 Å². The van der Waals surface area contributed by atoms with Crippen LogP contribution in [0.1, 0.15) is 348 Å². The van der Waals surface area contributed by atoms with Crippen LogP contribution in [0.5, 0.6) is 0 Å². The van der Waals surface area contributed by atoms with Crippen LogP contribution in [0.4, 0.5) is 0 Å². The van der Waals surface area contributed by atoms with E-state index in [0.717, 1.165) is 38.5 Å². The molecule has 456 valence electrons. The Kier molecular flexibility index (Phi) is 58.6. The Morgan fingerprint density at radius 3 is 0.961 bits per heavy atom. The lowest BCUT2D eigenvalue weighted by molar-refractivity contribution is -0.870. The summed E-state index contributed by atoms with van der Waals surface area (Å²) in [5, 5.41) is 9.72. The van der Waals surface area contributed by atoms with Gasteiger partial charge >= 0.3 is 17.9 Å². The molecule has 0 rings (SSSR count). The third kappa shape index (κ3) is 61.5. The number of carboxylic acids is 1. The molecule has 0 heterocycles. The molecule has 0 spiro atoms. The number of ether oxygens (including phenoxy) is 4. The second kappa shape index (κ2) is 60.1. The number of hydrogen-bond donors (Lipinski definition) is 1. The van der Waals surface area contributed by atoms with Crippen LogP contribution in [-0.2, 0) is 33.3 Å². The lowest BCUT2D eigenvalue weighted by Crippen LogP contribution is -2.40. The number of likely N-dealkylation sites (N-methyl/N-ethyl adjacent to an activating group) is 1. The molecule has 9 heteroatoms. The third-order valence-electron chi connectivity index (χ3n) is 15.5. The molecule has 2 unspecified atom stereocenters. The number of esters is 2. The number of nitrogens with zero attached hydrogens (tertiary/aromatic N) is 1. The van der Waals surface area contributed by atoms with Gasteiger partial charge in [-0.15, -0.1) is 0 Å². The van der Waals surface area contributed by atoms with E-state index in [2.05, 4.69) is 26.0 Å². The Morgan fingerprint density at radius 1 is 0.377 bits per heavy atom. The summed E-state index contributed by atoms with van der Waals surface area (Å²) < 4.78 is 23.0. The van der Waals surface area contributed by atoms with Crippen LogP contribution in [0.15, 0.2) is 12.2 Å². The first-order chi connectivity index (χ1) is 37.6. The van der Waals surface area contributed by atoms with Crippen LogP contribution in [0.2, 0.25) is 0 Å². The van der Waals surface area contributed by atoms with Gasteiger partial charge in [-0.2, -0.15) is 0 Å². The van der Waals surface area contributed by atoms with Gasteiger partial charge in [-0.25, -0.2) is 4.79 Å². The fourth-order valence-corrected chi connectivity index (χ4v) is 10.3.